The van der Waals surface area contributed by atoms with Crippen molar-refractivity contribution in [3.63, 3.8) is 0 Å². The number of aromatic nitrogens is 1. The van der Waals surface area contributed by atoms with E-state index in [0.29, 0.717) is 0 Å². The first-order valence-corrected chi connectivity index (χ1v) is 7.94. The fraction of sp³-hybridized carbons (Fsp3) is 0.0667. The molecular formula is C15H13N3S2. The van der Waals surface area contributed by atoms with Crippen molar-refractivity contribution in [2.75, 3.05) is 5.43 Å². The highest BCUT2D eigenvalue weighted by molar-refractivity contribution is 7.14. The van der Waals surface area contributed by atoms with Gasteiger partial charge in [0, 0.05) is 15.8 Å². The summed E-state index contributed by atoms with van der Waals surface area (Å²) < 4.78 is 0. The number of benzene rings is 1. The fourth-order valence-corrected chi connectivity index (χ4v) is 3.08. The molecule has 2 aromatic heterocycles. The van der Waals surface area contributed by atoms with E-state index in [9.17, 15) is 0 Å². The molecule has 0 atom stereocenters. The summed E-state index contributed by atoms with van der Waals surface area (Å²) in [6, 6.07) is 14.2. The lowest BCUT2D eigenvalue weighted by Crippen LogP contribution is -1.96. The van der Waals surface area contributed by atoms with Crippen LogP contribution < -0.4 is 5.43 Å². The molecule has 100 valence electrons. The van der Waals surface area contributed by atoms with Crippen LogP contribution in [0.25, 0.3) is 11.3 Å². The smallest absolute Gasteiger partial charge is 0.203 e. The third kappa shape index (κ3) is 2.95. The summed E-state index contributed by atoms with van der Waals surface area (Å²) in [5.74, 6) is 0. The lowest BCUT2D eigenvalue weighted by atomic mass is 10.2. The maximum Gasteiger partial charge on any atom is 0.203 e. The van der Waals surface area contributed by atoms with Gasteiger partial charge in [-0.3, -0.25) is 5.43 Å². The van der Waals surface area contributed by atoms with Gasteiger partial charge in [-0.15, -0.1) is 22.7 Å². The predicted octanol–water partition coefficient (Wildman–Crippen LogP) is 4.71. The van der Waals surface area contributed by atoms with Gasteiger partial charge in [-0.25, -0.2) is 4.98 Å². The summed E-state index contributed by atoms with van der Waals surface area (Å²) in [6.07, 6.45) is 0. The molecule has 5 heteroatoms. The molecule has 3 aromatic rings. The molecule has 1 N–H and O–H groups in total. The van der Waals surface area contributed by atoms with Crippen LogP contribution in [0.4, 0.5) is 5.13 Å². The minimum absolute atomic E-state index is 0.805. The summed E-state index contributed by atoms with van der Waals surface area (Å²) in [5, 5.41) is 9.26. The maximum atomic E-state index is 4.54. The molecule has 0 aliphatic carbocycles. The maximum absolute atomic E-state index is 4.54. The first-order valence-electron chi connectivity index (χ1n) is 6.18. The van der Waals surface area contributed by atoms with Gasteiger partial charge in [0.05, 0.1) is 11.4 Å². The Morgan fingerprint density at radius 3 is 2.70 bits per heavy atom. The van der Waals surface area contributed by atoms with Crippen LogP contribution >= 0.6 is 22.7 Å². The largest absolute Gasteiger partial charge is 0.252 e. The number of anilines is 1. The minimum Gasteiger partial charge on any atom is -0.252 e. The van der Waals surface area contributed by atoms with Gasteiger partial charge < -0.3 is 0 Å². The van der Waals surface area contributed by atoms with Crippen LogP contribution in [0.2, 0.25) is 0 Å². The quantitative estimate of drug-likeness (QED) is 0.559. The van der Waals surface area contributed by atoms with Crippen molar-refractivity contribution < 1.29 is 0 Å². The number of hydrazone groups is 1. The summed E-state index contributed by atoms with van der Waals surface area (Å²) in [5.41, 5.74) is 6.09. The highest BCUT2D eigenvalue weighted by Crippen LogP contribution is 2.24. The predicted molar refractivity (Wildman–Crippen MR) is 87.7 cm³/mol. The van der Waals surface area contributed by atoms with E-state index in [-0.39, 0.29) is 0 Å². The Hall–Kier alpha value is -1.98. The van der Waals surface area contributed by atoms with E-state index in [1.54, 1.807) is 22.7 Å². The monoisotopic (exact) mass is 299 g/mol. The fourth-order valence-electron chi connectivity index (χ4n) is 1.74. The number of hydrogen-bond donors (Lipinski definition) is 1. The second-order valence-electron chi connectivity index (χ2n) is 4.19. The lowest BCUT2D eigenvalue weighted by molar-refractivity contribution is 1.27. The van der Waals surface area contributed by atoms with Crippen LogP contribution in [-0.4, -0.2) is 10.7 Å². The summed E-state index contributed by atoms with van der Waals surface area (Å²) in [6.45, 7) is 1.99. The molecule has 3 rings (SSSR count). The molecule has 0 saturated carbocycles. The van der Waals surface area contributed by atoms with Gasteiger partial charge in [0.2, 0.25) is 5.13 Å². The number of thiophene rings is 1. The van der Waals surface area contributed by atoms with Crippen molar-refractivity contribution in [3.05, 3.63) is 58.1 Å². The van der Waals surface area contributed by atoms with Gasteiger partial charge in [0.25, 0.3) is 0 Å². The van der Waals surface area contributed by atoms with E-state index >= 15 is 0 Å². The van der Waals surface area contributed by atoms with Crippen molar-refractivity contribution >= 4 is 33.5 Å². The van der Waals surface area contributed by atoms with Crippen molar-refractivity contribution in [3.8, 4) is 11.3 Å². The van der Waals surface area contributed by atoms with Crippen LogP contribution in [0.1, 0.15) is 11.8 Å². The van der Waals surface area contributed by atoms with E-state index in [1.807, 2.05) is 41.9 Å². The van der Waals surface area contributed by atoms with Crippen molar-refractivity contribution in [1.29, 1.82) is 0 Å². The Morgan fingerprint density at radius 2 is 1.95 bits per heavy atom. The average molecular weight is 299 g/mol. The second-order valence-corrected chi connectivity index (χ2v) is 6.00. The highest BCUT2D eigenvalue weighted by Gasteiger charge is 2.04. The standard InChI is InChI=1S/C15H13N3S2/c1-11(14-8-5-9-19-14)17-18-15-16-13(10-20-15)12-6-3-2-4-7-12/h2-10H,1H3,(H,16,18)/b17-11+. The van der Waals surface area contributed by atoms with Crippen LogP contribution in [0.15, 0.2) is 58.3 Å². The van der Waals surface area contributed by atoms with Gasteiger partial charge in [0.1, 0.15) is 0 Å². The third-order valence-electron chi connectivity index (χ3n) is 2.77. The summed E-state index contributed by atoms with van der Waals surface area (Å²) in [4.78, 5) is 5.70. The zero-order valence-corrected chi connectivity index (χ0v) is 12.5. The molecule has 3 nitrogen and oxygen atoms in total. The SMILES string of the molecule is C/C(=N\Nc1nc(-c2ccccc2)cs1)c1cccs1. The Labute approximate surface area is 125 Å². The van der Waals surface area contributed by atoms with E-state index in [4.69, 9.17) is 0 Å². The highest BCUT2D eigenvalue weighted by atomic mass is 32.1. The van der Waals surface area contributed by atoms with Gasteiger partial charge in [0.15, 0.2) is 0 Å². The van der Waals surface area contributed by atoms with Crippen molar-refractivity contribution in [2.45, 2.75) is 6.92 Å². The van der Waals surface area contributed by atoms with E-state index in [1.165, 1.54) is 0 Å². The Kier molecular flexibility index (Phi) is 3.90. The molecule has 0 aliphatic rings. The number of hydrogen-bond acceptors (Lipinski definition) is 5. The lowest BCUT2D eigenvalue weighted by Gasteiger charge is -1.98. The third-order valence-corrected chi connectivity index (χ3v) is 4.50. The zero-order chi connectivity index (χ0) is 13.8. The Balaban J connectivity index is 1.74. The van der Waals surface area contributed by atoms with Crippen LogP contribution in [0.5, 0.6) is 0 Å². The number of rotatable bonds is 4. The van der Waals surface area contributed by atoms with Gasteiger partial charge in [-0.05, 0) is 18.4 Å². The van der Waals surface area contributed by atoms with Crippen molar-refractivity contribution in [1.82, 2.24) is 4.98 Å². The van der Waals surface area contributed by atoms with E-state index in [2.05, 4.69) is 33.7 Å². The molecule has 0 radical (unpaired) electrons. The first-order chi connectivity index (χ1) is 9.83. The van der Waals surface area contributed by atoms with E-state index < -0.39 is 0 Å². The normalized spacial score (nSPS) is 11.6. The molecule has 0 fully saturated rings. The topological polar surface area (TPSA) is 37.3 Å². The average Bonchev–Trinajstić information content (AvgIpc) is 3.17. The van der Waals surface area contributed by atoms with Gasteiger partial charge in [-0.2, -0.15) is 5.10 Å². The molecule has 0 amide bonds. The van der Waals surface area contributed by atoms with Gasteiger partial charge in [-0.1, -0.05) is 36.4 Å². The number of thiazole rings is 1. The van der Waals surface area contributed by atoms with Crippen LogP contribution in [0, 0.1) is 0 Å². The molecule has 2 heterocycles. The number of nitrogens with zero attached hydrogens (tertiary/aromatic N) is 2. The molecule has 0 bridgehead atoms. The zero-order valence-electron chi connectivity index (χ0n) is 10.9. The molecule has 0 aliphatic heterocycles. The Bertz CT molecular complexity index is 700. The summed E-state index contributed by atoms with van der Waals surface area (Å²) >= 11 is 3.24. The Morgan fingerprint density at radius 1 is 1.10 bits per heavy atom. The molecule has 20 heavy (non-hydrogen) atoms. The molecule has 0 unspecified atom stereocenters. The van der Waals surface area contributed by atoms with E-state index in [0.717, 1.165) is 27.0 Å². The summed E-state index contributed by atoms with van der Waals surface area (Å²) in [7, 11) is 0. The minimum atomic E-state index is 0.805. The van der Waals surface area contributed by atoms with Crippen molar-refractivity contribution in [2.24, 2.45) is 5.10 Å². The second kappa shape index (κ2) is 5.98. The molecular weight excluding hydrogens is 286 g/mol. The van der Waals surface area contributed by atoms with Crippen LogP contribution in [0.3, 0.4) is 0 Å². The molecule has 0 spiro atoms. The number of nitrogens with one attached hydrogen (secondary N) is 1. The van der Waals surface area contributed by atoms with Gasteiger partial charge >= 0.3 is 0 Å². The first kappa shape index (κ1) is 13.0. The molecule has 0 saturated heterocycles. The van der Waals surface area contributed by atoms with Crippen LogP contribution in [-0.2, 0) is 0 Å². The molecule has 1 aromatic carbocycles.